The van der Waals surface area contributed by atoms with Crippen molar-refractivity contribution in [3.05, 3.63) is 89.1 Å². The molecule has 2 aromatic carbocycles. The van der Waals surface area contributed by atoms with Gasteiger partial charge in [0.25, 0.3) is 5.91 Å². The van der Waals surface area contributed by atoms with Gasteiger partial charge < -0.3 is 10.4 Å². The lowest BCUT2D eigenvalue weighted by molar-refractivity contribution is 0.0955. The molecule has 152 valence electrons. The zero-order valence-corrected chi connectivity index (χ0v) is 17.4. The van der Waals surface area contributed by atoms with Crippen LogP contribution in [0.3, 0.4) is 0 Å². The van der Waals surface area contributed by atoms with Gasteiger partial charge in [-0.25, -0.2) is 8.42 Å². The molecule has 0 fully saturated rings. The van der Waals surface area contributed by atoms with E-state index in [1.165, 1.54) is 35.6 Å². The quantitative estimate of drug-likeness (QED) is 0.480. The summed E-state index contributed by atoms with van der Waals surface area (Å²) in [5, 5.41) is 12.9. The van der Waals surface area contributed by atoms with Crippen molar-refractivity contribution in [2.24, 2.45) is 0 Å². The maximum absolute atomic E-state index is 12.7. The Morgan fingerprint density at radius 3 is 2.20 bits per heavy atom. The molecule has 2 heterocycles. The van der Waals surface area contributed by atoms with Crippen LogP contribution in [-0.2, 0) is 23.0 Å². The van der Waals surface area contributed by atoms with Gasteiger partial charge in [0, 0.05) is 18.9 Å². The predicted molar refractivity (Wildman–Crippen MR) is 115 cm³/mol. The summed E-state index contributed by atoms with van der Waals surface area (Å²) in [6.07, 6.45) is 3.42. The average molecular weight is 439 g/mol. The number of hydrogen-bond acceptors (Lipinski definition) is 6. The van der Waals surface area contributed by atoms with Crippen LogP contribution in [0.25, 0.3) is 10.1 Å². The number of amides is 1. The highest BCUT2D eigenvalue weighted by atomic mass is 32.2. The molecule has 0 saturated carbocycles. The molecule has 0 aliphatic heterocycles. The van der Waals surface area contributed by atoms with Crippen LogP contribution in [0.1, 0.15) is 20.8 Å². The van der Waals surface area contributed by atoms with Gasteiger partial charge in [-0.2, -0.15) is 0 Å². The van der Waals surface area contributed by atoms with Gasteiger partial charge in [0.2, 0.25) is 9.84 Å². The summed E-state index contributed by atoms with van der Waals surface area (Å²) < 4.78 is 26.4. The monoisotopic (exact) mass is 438 g/mol. The summed E-state index contributed by atoms with van der Waals surface area (Å²) in [4.78, 5) is 17.4. The van der Waals surface area contributed by atoms with Gasteiger partial charge in [-0.3, -0.25) is 9.78 Å². The molecule has 8 heteroatoms. The molecule has 0 radical (unpaired) electrons. The Labute approximate surface area is 177 Å². The molecule has 30 heavy (non-hydrogen) atoms. The second-order valence-corrected chi connectivity index (χ2v) is 9.69. The second kappa shape index (κ2) is 8.35. The van der Waals surface area contributed by atoms with E-state index in [9.17, 15) is 13.2 Å². The van der Waals surface area contributed by atoms with E-state index in [1.807, 2.05) is 12.1 Å². The fraction of sp³-hybridized carbons (Fsp3) is 0.0909. The molecule has 6 nitrogen and oxygen atoms in total. The van der Waals surface area contributed by atoms with Crippen molar-refractivity contribution >= 4 is 37.2 Å². The van der Waals surface area contributed by atoms with Gasteiger partial charge in [-0.05, 0) is 52.9 Å². The molecule has 1 amide bonds. The number of aromatic nitrogens is 1. The smallest absolute Gasteiger partial charge is 0.261 e. The molecular weight excluding hydrogens is 420 g/mol. The third-order valence-electron chi connectivity index (χ3n) is 4.65. The number of rotatable bonds is 6. The lowest BCUT2D eigenvalue weighted by atomic mass is 10.2. The lowest BCUT2D eigenvalue weighted by Gasteiger charge is -2.08. The molecule has 0 aliphatic rings. The Morgan fingerprint density at radius 2 is 1.60 bits per heavy atom. The predicted octanol–water partition coefficient (Wildman–Crippen LogP) is 3.55. The second-order valence-electron chi connectivity index (χ2n) is 6.66. The summed E-state index contributed by atoms with van der Waals surface area (Å²) >= 11 is 1.38. The molecule has 4 rings (SSSR count). The van der Waals surface area contributed by atoms with Crippen molar-refractivity contribution in [2.45, 2.75) is 22.9 Å². The minimum Gasteiger partial charge on any atom is -0.392 e. The van der Waals surface area contributed by atoms with Gasteiger partial charge in [-0.1, -0.05) is 24.3 Å². The van der Waals surface area contributed by atoms with Gasteiger partial charge in [0.1, 0.15) is 0 Å². The van der Waals surface area contributed by atoms with Crippen LogP contribution in [0.5, 0.6) is 0 Å². The first-order valence-electron chi connectivity index (χ1n) is 9.13. The van der Waals surface area contributed by atoms with Crippen LogP contribution in [0.15, 0.2) is 82.8 Å². The number of fused-ring (bicyclic) bond motifs is 1. The lowest BCUT2D eigenvalue weighted by Crippen LogP contribution is -2.21. The van der Waals surface area contributed by atoms with Crippen LogP contribution < -0.4 is 5.32 Å². The first kappa shape index (κ1) is 20.2. The standard InChI is InChI=1S/C22H18N2O4S2/c25-14-16-3-7-19(8-4-16)30(27,28)18-5-1-15(2-6-18)12-24-22(26)20-11-17-9-10-23-13-21(17)29-20/h1-11,13,25H,12,14H2,(H,24,26). The van der Waals surface area contributed by atoms with Crippen molar-refractivity contribution in [1.82, 2.24) is 10.3 Å². The first-order chi connectivity index (χ1) is 14.5. The summed E-state index contributed by atoms with van der Waals surface area (Å²) in [6, 6.07) is 16.2. The Bertz CT molecular complexity index is 1260. The number of aliphatic hydroxyl groups is 1. The Balaban J connectivity index is 1.44. The van der Waals surface area contributed by atoms with E-state index < -0.39 is 9.84 Å². The highest BCUT2D eigenvalue weighted by Crippen LogP contribution is 2.25. The number of nitrogens with zero attached hydrogens (tertiary/aromatic N) is 1. The average Bonchev–Trinajstić information content (AvgIpc) is 3.22. The maximum Gasteiger partial charge on any atom is 0.261 e. The molecule has 0 spiro atoms. The molecular formula is C22H18N2O4S2. The van der Waals surface area contributed by atoms with Crippen molar-refractivity contribution in [2.75, 3.05) is 0 Å². The molecule has 0 atom stereocenters. The Hall–Kier alpha value is -3.07. The van der Waals surface area contributed by atoms with E-state index in [2.05, 4.69) is 10.3 Å². The number of thiophene rings is 1. The summed E-state index contributed by atoms with van der Waals surface area (Å²) in [5.41, 5.74) is 1.44. The van der Waals surface area contributed by atoms with Gasteiger partial charge in [0.15, 0.2) is 0 Å². The molecule has 2 aromatic heterocycles. The highest BCUT2D eigenvalue weighted by Gasteiger charge is 2.17. The topological polar surface area (TPSA) is 96.4 Å². The van der Waals surface area contributed by atoms with Crippen molar-refractivity contribution in [1.29, 1.82) is 0 Å². The van der Waals surface area contributed by atoms with Gasteiger partial charge in [0.05, 0.1) is 26.0 Å². The largest absolute Gasteiger partial charge is 0.392 e. The van der Waals surface area contributed by atoms with E-state index in [4.69, 9.17) is 5.11 Å². The maximum atomic E-state index is 12.7. The number of benzene rings is 2. The number of carbonyl (C=O) groups is 1. The van der Waals surface area contributed by atoms with E-state index in [1.54, 1.807) is 36.7 Å². The molecule has 0 unspecified atom stereocenters. The van der Waals surface area contributed by atoms with Gasteiger partial charge >= 0.3 is 0 Å². The number of hydrogen-bond donors (Lipinski definition) is 2. The third kappa shape index (κ3) is 4.11. The highest BCUT2D eigenvalue weighted by molar-refractivity contribution is 7.91. The Morgan fingerprint density at radius 1 is 0.967 bits per heavy atom. The number of pyridine rings is 1. The first-order valence-corrected chi connectivity index (χ1v) is 11.4. The summed E-state index contributed by atoms with van der Waals surface area (Å²) in [6.45, 7) is 0.149. The van der Waals surface area contributed by atoms with Gasteiger partial charge in [-0.15, -0.1) is 11.3 Å². The molecule has 0 saturated heterocycles. The number of sulfone groups is 1. The molecule has 0 aliphatic carbocycles. The normalized spacial score (nSPS) is 11.5. The minimum atomic E-state index is -3.64. The number of carbonyl (C=O) groups excluding carboxylic acids is 1. The van der Waals surface area contributed by atoms with E-state index in [0.29, 0.717) is 10.4 Å². The van der Waals surface area contributed by atoms with Crippen molar-refractivity contribution in [3.8, 4) is 0 Å². The molecule has 0 bridgehead atoms. The van der Waals surface area contributed by atoms with Crippen molar-refractivity contribution in [3.63, 3.8) is 0 Å². The minimum absolute atomic E-state index is 0.140. The fourth-order valence-corrected chi connectivity index (χ4v) is 5.17. The SMILES string of the molecule is O=C(NCc1ccc(S(=O)(=O)c2ccc(CO)cc2)cc1)c1cc2ccncc2s1. The van der Waals surface area contributed by atoms with E-state index >= 15 is 0 Å². The Kier molecular flexibility index (Phi) is 5.63. The zero-order chi connectivity index (χ0) is 21.1. The van der Waals surface area contributed by atoms with E-state index in [0.717, 1.165) is 15.6 Å². The van der Waals surface area contributed by atoms with Crippen LogP contribution in [-0.4, -0.2) is 24.4 Å². The van der Waals surface area contributed by atoms with Crippen LogP contribution in [0.4, 0.5) is 0 Å². The van der Waals surface area contributed by atoms with Crippen LogP contribution in [0, 0.1) is 0 Å². The fourth-order valence-electron chi connectivity index (χ4n) is 2.96. The molecule has 4 aromatic rings. The van der Waals surface area contributed by atoms with Crippen LogP contribution >= 0.6 is 11.3 Å². The number of nitrogens with one attached hydrogen (secondary N) is 1. The third-order valence-corrected chi connectivity index (χ3v) is 7.52. The summed E-state index contributed by atoms with van der Waals surface area (Å²) in [5.74, 6) is -0.183. The molecule has 2 N–H and O–H groups in total. The van der Waals surface area contributed by atoms with E-state index in [-0.39, 0.29) is 28.8 Å². The number of aliphatic hydroxyl groups excluding tert-OH is 1. The summed E-state index contributed by atoms with van der Waals surface area (Å²) in [7, 11) is -3.64. The van der Waals surface area contributed by atoms with Crippen molar-refractivity contribution < 1.29 is 18.3 Å². The van der Waals surface area contributed by atoms with Crippen LogP contribution in [0.2, 0.25) is 0 Å². The zero-order valence-electron chi connectivity index (χ0n) is 15.8.